The molecule has 1 aliphatic rings. The summed E-state index contributed by atoms with van der Waals surface area (Å²) >= 11 is 0. The predicted molar refractivity (Wildman–Crippen MR) is 57.4 cm³/mol. The molecule has 5 N–H and O–H groups in total. The molecule has 0 aromatic carbocycles. The number of aliphatic hydroxyl groups excluding tert-OH is 4. The number of nitrogens with zero attached hydrogens (tertiary/aromatic N) is 1. The van der Waals surface area contributed by atoms with E-state index in [0.29, 0.717) is 0 Å². The molecule has 0 bridgehead atoms. The van der Waals surface area contributed by atoms with Crippen LogP contribution in [-0.2, 0) is 4.74 Å². The number of hydrogen-bond acceptors (Lipinski definition) is 7. The van der Waals surface area contributed by atoms with Gasteiger partial charge in [0.2, 0.25) is 0 Å². The zero-order chi connectivity index (χ0) is 13.7. The first kappa shape index (κ1) is 14.5. The standard InChI is InChI=1S/C5H10O5.C4H4N2O2/c6-1-2-3(7)4(8)5(9)10-2;7-6(8)4-2-1-3-5-4/h2-9H,1H2;1-3,5H/t2-,3-,4-,5?;/m1./s1. The van der Waals surface area contributed by atoms with Crippen LogP contribution in [0.3, 0.4) is 0 Å². The summed E-state index contributed by atoms with van der Waals surface area (Å²) in [7, 11) is 0. The number of nitrogens with one attached hydrogen (secondary N) is 1. The molecule has 1 fully saturated rings. The van der Waals surface area contributed by atoms with E-state index in [-0.39, 0.29) is 5.82 Å². The van der Waals surface area contributed by atoms with Crippen LogP contribution in [0.25, 0.3) is 0 Å². The van der Waals surface area contributed by atoms with Crippen molar-refractivity contribution in [1.29, 1.82) is 0 Å². The van der Waals surface area contributed by atoms with Crippen LogP contribution in [0.4, 0.5) is 5.82 Å². The minimum Gasteiger partial charge on any atom is -0.394 e. The van der Waals surface area contributed by atoms with Crippen LogP contribution in [0.2, 0.25) is 0 Å². The Kier molecular flexibility index (Phi) is 5.19. The lowest BCUT2D eigenvalue weighted by Crippen LogP contribution is -2.33. The Morgan fingerprint density at radius 3 is 2.28 bits per heavy atom. The molecule has 2 heterocycles. The molecule has 102 valence electrons. The van der Waals surface area contributed by atoms with E-state index in [4.69, 9.17) is 20.4 Å². The van der Waals surface area contributed by atoms with E-state index < -0.39 is 36.1 Å². The van der Waals surface area contributed by atoms with Gasteiger partial charge in [-0.05, 0) is 11.0 Å². The Balaban J connectivity index is 0.000000184. The minimum absolute atomic E-state index is 0.0324. The Hall–Kier alpha value is -1.52. The van der Waals surface area contributed by atoms with Crippen LogP contribution in [0.15, 0.2) is 18.3 Å². The highest BCUT2D eigenvalue weighted by atomic mass is 16.6. The van der Waals surface area contributed by atoms with Gasteiger partial charge in [-0.25, -0.2) is 4.98 Å². The fraction of sp³-hybridized carbons (Fsp3) is 0.556. The van der Waals surface area contributed by atoms with Crippen molar-refractivity contribution in [3.05, 3.63) is 28.4 Å². The van der Waals surface area contributed by atoms with Crippen LogP contribution in [-0.4, -0.2) is 61.5 Å². The quantitative estimate of drug-likeness (QED) is 0.316. The average Bonchev–Trinajstić information content (AvgIpc) is 2.95. The lowest BCUT2D eigenvalue weighted by atomic mass is 10.1. The second kappa shape index (κ2) is 6.42. The number of aromatic amines is 1. The monoisotopic (exact) mass is 262 g/mol. The van der Waals surface area contributed by atoms with Crippen molar-refractivity contribution in [2.24, 2.45) is 0 Å². The van der Waals surface area contributed by atoms with Gasteiger partial charge < -0.3 is 35.3 Å². The summed E-state index contributed by atoms with van der Waals surface area (Å²) < 4.78 is 4.54. The highest BCUT2D eigenvalue weighted by Gasteiger charge is 2.41. The first-order valence-corrected chi connectivity index (χ1v) is 5.05. The number of nitro groups is 1. The summed E-state index contributed by atoms with van der Waals surface area (Å²) in [6, 6.07) is 2.98. The zero-order valence-electron chi connectivity index (χ0n) is 9.21. The second-order valence-corrected chi connectivity index (χ2v) is 3.54. The number of H-pyrrole nitrogens is 1. The third-order valence-electron chi connectivity index (χ3n) is 2.30. The summed E-state index contributed by atoms with van der Waals surface area (Å²) in [4.78, 5) is 11.8. The highest BCUT2D eigenvalue weighted by molar-refractivity contribution is 5.17. The molecule has 1 unspecified atom stereocenters. The van der Waals surface area contributed by atoms with E-state index in [1.807, 2.05) is 0 Å². The lowest BCUT2D eigenvalue weighted by Gasteiger charge is -2.09. The molecule has 0 spiro atoms. The van der Waals surface area contributed by atoms with E-state index in [1.54, 1.807) is 6.07 Å². The van der Waals surface area contributed by atoms with Gasteiger partial charge in [-0.1, -0.05) is 0 Å². The van der Waals surface area contributed by atoms with Crippen molar-refractivity contribution in [3.8, 4) is 0 Å². The van der Waals surface area contributed by atoms with Crippen LogP contribution >= 0.6 is 0 Å². The normalized spacial score (nSPS) is 30.7. The molecule has 9 nitrogen and oxygen atoms in total. The maximum absolute atomic E-state index is 9.84. The smallest absolute Gasteiger partial charge is 0.320 e. The molecule has 1 aliphatic heterocycles. The molecule has 0 aliphatic carbocycles. The topological polar surface area (TPSA) is 149 Å². The highest BCUT2D eigenvalue weighted by Crippen LogP contribution is 2.18. The van der Waals surface area contributed by atoms with Crippen LogP contribution in [0.1, 0.15) is 0 Å². The predicted octanol–water partition coefficient (Wildman–Crippen LogP) is -1.66. The molecule has 1 aromatic heterocycles. The fourth-order valence-corrected chi connectivity index (χ4v) is 1.31. The number of rotatable bonds is 2. The molecule has 1 saturated heterocycles. The summed E-state index contributed by atoms with van der Waals surface area (Å²) in [5.74, 6) is 0.0324. The van der Waals surface area contributed by atoms with Gasteiger partial charge in [0.25, 0.3) is 0 Å². The maximum atomic E-state index is 9.84. The summed E-state index contributed by atoms with van der Waals surface area (Å²) in [5, 5.41) is 44.8. The molecule has 0 radical (unpaired) electrons. The molecule has 0 amide bonds. The molecule has 2 rings (SSSR count). The first-order chi connectivity index (χ1) is 8.47. The van der Waals surface area contributed by atoms with Gasteiger partial charge >= 0.3 is 5.82 Å². The maximum Gasteiger partial charge on any atom is 0.320 e. The average molecular weight is 262 g/mol. The third kappa shape index (κ3) is 3.48. The van der Waals surface area contributed by atoms with E-state index in [0.717, 1.165) is 0 Å². The van der Waals surface area contributed by atoms with Crippen molar-refractivity contribution in [2.45, 2.75) is 24.6 Å². The Labute approximate surface area is 101 Å². The number of hydrogen-bond donors (Lipinski definition) is 5. The van der Waals surface area contributed by atoms with E-state index >= 15 is 0 Å². The number of ether oxygens (including phenoxy) is 1. The molecule has 9 heteroatoms. The van der Waals surface area contributed by atoms with Gasteiger partial charge in [0, 0.05) is 6.07 Å². The van der Waals surface area contributed by atoms with E-state index in [9.17, 15) is 10.1 Å². The van der Waals surface area contributed by atoms with Crippen molar-refractivity contribution < 1.29 is 30.1 Å². The molecule has 18 heavy (non-hydrogen) atoms. The molecule has 1 aromatic rings. The largest absolute Gasteiger partial charge is 0.394 e. The van der Waals surface area contributed by atoms with Gasteiger partial charge in [-0.2, -0.15) is 0 Å². The lowest BCUT2D eigenvalue weighted by molar-refractivity contribution is -0.389. The summed E-state index contributed by atoms with van der Waals surface area (Å²) in [6.07, 6.45) is -3.24. The molecule has 4 atom stereocenters. The van der Waals surface area contributed by atoms with Gasteiger partial charge in [0.1, 0.15) is 18.3 Å². The van der Waals surface area contributed by atoms with Crippen molar-refractivity contribution in [2.75, 3.05) is 6.61 Å². The number of aliphatic hydroxyl groups is 4. The van der Waals surface area contributed by atoms with E-state index in [2.05, 4.69) is 9.72 Å². The Bertz CT molecular complexity index is 369. The van der Waals surface area contributed by atoms with Gasteiger partial charge in [0.05, 0.1) is 12.8 Å². The zero-order valence-corrected chi connectivity index (χ0v) is 9.21. The SMILES string of the molecule is O=[N+]([O-])c1ccc[nH]1.OC[C@H]1OC(O)[C@H](O)[C@@H]1O. The van der Waals surface area contributed by atoms with Crippen LogP contribution in [0.5, 0.6) is 0 Å². The summed E-state index contributed by atoms with van der Waals surface area (Å²) in [5.41, 5.74) is 0. The molecule has 0 saturated carbocycles. The third-order valence-corrected chi connectivity index (χ3v) is 2.30. The molecular weight excluding hydrogens is 248 g/mol. The fourth-order valence-electron chi connectivity index (χ4n) is 1.31. The summed E-state index contributed by atoms with van der Waals surface area (Å²) in [6.45, 7) is -0.407. The Morgan fingerprint density at radius 1 is 1.39 bits per heavy atom. The minimum atomic E-state index is -1.38. The molecular formula is C9H14N2O7. The van der Waals surface area contributed by atoms with Crippen LogP contribution in [0, 0.1) is 10.1 Å². The number of aromatic nitrogens is 1. The van der Waals surface area contributed by atoms with Crippen molar-refractivity contribution >= 4 is 5.82 Å². The Morgan fingerprint density at radius 2 is 2.06 bits per heavy atom. The van der Waals surface area contributed by atoms with Crippen molar-refractivity contribution in [3.63, 3.8) is 0 Å². The van der Waals surface area contributed by atoms with Gasteiger partial charge in [-0.15, -0.1) is 0 Å². The van der Waals surface area contributed by atoms with Crippen molar-refractivity contribution in [1.82, 2.24) is 4.98 Å². The van der Waals surface area contributed by atoms with E-state index in [1.165, 1.54) is 12.3 Å². The first-order valence-electron chi connectivity index (χ1n) is 5.05. The van der Waals surface area contributed by atoms with Crippen LogP contribution < -0.4 is 0 Å². The second-order valence-electron chi connectivity index (χ2n) is 3.54. The van der Waals surface area contributed by atoms with Gasteiger partial charge in [0.15, 0.2) is 6.29 Å². The van der Waals surface area contributed by atoms with Gasteiger partial charge in [-0.3, -0.25) is 0 Å².